The number of aliphatic hydroxyl groups is 1. The summed E-state index contributed by atoms with van der Waals surface area (Å²) >= 11 is 1.64. The van der Waals surface area contributed by atoms with Crippen LogP contribution in [0.4, 0.5) is 0 Å². The van der Waals surface area contributed by atoms with Gasteiger partial charge in [0, 0.05) is 11.1 Å². The highest BCUT2D eigenvalue weighted by Gasteiger charge is 2.04. The number of rotatable bonds is 4. The molecule has 0 bridgehead atoms. The van der Waals surface area contributed by atoms with Crippen molar-refractivity contribution in [1.29, 1.82) is 0 Å². The topological polar surface area (TPSA) is 33.1 Å². The molecule has 1 atom stereocenters. The minimum Gasteiger partial charge on any atom is -0.389 e. The molecule has 0 unspecified atom stereocenters. The van der Waals surface area contributed by atoms with Gasteiger partial charge in [-0.25, -0.2) is 4.98 Å². The molecule has 1 N–H and O–H groups in total. The summed E-state index contributed by atoms with van der Waals surface area (Å²) in [6.07, 6.45) is 1.27. The van der Waals surface area contributed by atoms with Crippen molar-refractivity contribution >= 4 is 11.8 Å². The summed E-state index contributed by atoms with van der Waals surface area (Å²) in [5.41, 5.74) is 2.20. The molecule has 1 aromatic carbocycles. The van der Waals surface area contributed by atoms with Crippen molar-refractivity contribution in [3.05, 3.63) is 53.7 Å². The van der Waals surface area contributed by atoms with Crippen molar-refractivity contribution in [3.8, 4) is 0 Å². The summed E-state index contributed by atoms with van der Waals surface area (Å²) in [6.45, 7) is 6.13. The first kappa shape index (κ1) is 14.1. The van der Waals surface area contributed by atoms with Crippen molar-refractivity contribution in [2.45, 2.75) is 42.7 Å². The smallest absolute Gasteiger partial charge is 0.101 e. The zero-order valence-corrected chi connectivity index (χ0v) is 12.3. The Kier molecular flexibility index (Phi) is 4.61. The Balaban J connectivity index is 2.08. The molecule has 1 heterocycles. The molecule has 0 fully saturated rings. The molecule has 0 radical (unpaired) electrons. The number of nitrogens with zero attached hydrogens (tertiary/aromatic N) is 1. The Labute approximate surface area is 118 Å². The second-order valence-electron chi connectivity index (χ2n) is 4.93. The molecule has 2 aromatic rings. The van der Waals surface area contributed by atoms with Gasteiger partial charge in [0.25, 0.3) is 0 Å². The van der Waals surface area contributed by atoms with Crippen LogP contribution >= 0.6 is 11.8 Å². The van der Waals surface area contributed by atoms with Crippen molar-refractivity contribution in [1.82, 2.24) is 4.98 Å². The average molecular weight is 273 g/mol. The molecule has 0 aliphatic heterocycles. The van der Waals surface area contributed by atoms with Crippen LogP contribution in [0.25, 0.3) is 0 Å². The normalized spacial score (nSPS) is 12.7. The second-order valence-corrected chi connectivity index (χ2v) is 6.03. The van der Waals surface area contributed by atoms with Crippen LogP contribution in [0.2, 0.25) is 0 Å². The summed E-state index contributed by atoms with van der Waals surface area (Å²) in [7, 11) is 0. The summed E-state index contributed by atoms with van der Waals surface area (Å²) in [5.74, 6) is 0.558. The van der Waals surface area contributed by atoms with Crippen molar-refractivity contribution in [2.75, 3.05) is 0 Å². The lowest BCUT2D eigenvalue weighted by Gasteiger charge is -2.07. The van der Waals surface area contributed by atoms with E-state index in [1.165, 1.54) is 10.5 Å². The molecule has 1 aromatic heterocycles. The van der Waals surface area contributed by atoms with E-state index in [9.17, 15) is 5.11 Å². The van der Waals surface area contributed by atoms with Crippen LogP contribution in [0, 0.1) is 0 Å². The van der Waals surface area contributed by atoms with E-state index in [-0.39, 0.29) is 0 Å². The van der Waals surface area contributed by atoms with Crippen LogP contribution in [-0.4, -0.2) is 10.1 Å². The Hall–Kier alpha value is -1.32. The lowest BCUT2D eigenvalue weighted by Crippen LogP contribution is -1.92. The Bertz CT molecular complexity index is 468. The second kappa shape index (κ2) is 6.22. The van der Waals surface area contributed by atoms with Gasteiger partial charge in [0.1, 0.15) is 5.03 Å². The molecular weight excluding hydrogens is 254 g/mol. The molecule has 100 valence electrons. The van der Waals surface area contributed by atoms with Gasteiger partial charge in [0.2, 0.25) is 0 Å². The number of benzene rings is 1. The quantitative estimate of drug-likeness (QED) is 0.895. The van der Waals surface area contributed by atoms with Gasteiger partial charge in [0.05, 0.1) is 6.10 Å². The number of aliphatic hydroxyl groups excluding tert-OH is 1. The number of hydrogen-bond acceptors (Lipinski definition) is 3. The van der Waals surface area contributed by atoms with Gasteiger partial charge in [-0.2, -0.15) is 0 Å². The summed E-state index contributed by atoms with van der Waals surface area (Å²) in [4.78, 5) is 5.54. The Morgan fingerprint density at radius 3 is 2.05 bits per heavy atom. The highest BCUT2D eigenvalue weighted by Crippen LogP contribution is 2.28. The first-order valence-corrected chi connectivity index (χ1v) is 7.29. The Morgan fingerprint density at radius 2 is 1.58 bits per heavy atom. The number of hydrogen-bond donors (Lipinski definition) is 1. The van der Waals surface area contributed by atoms with Crippen LogP contribution in [0.15, 0.2) is 52.5 Å². The number of aromatic nitrogens is 1. The van der Waals surface area contributed by atoms with E-state index in [0.717, 1.165) is 10.6 Å². The Morgan fingerprint density at radius 1 is 0.947 bits per heavy atom. The van der Waals surface area contributed by atoms with E-state index in [0.29, 0.717) is 5.92 Å². The number of pyridine rings is 1. The minimum atomic E-state index is -0.461. The molecule has 0 saturated heterocycles. The molecule has 19 heavy (non-hydrogen) atoms. The molecule has 0 spiro atoms. The SMILES string of the molecule is CC(C)c1ccc(Sc2ccc([C@@H](C)O)cn2)cc1. The molecule has 2 rings (SSSR count). The lowest BCUT2D eigenvalue weighted by atomic mass is 10.0. The predicted molar refractivity (Wildman–Crippen MR) is 79.5 cm³/mol. The van der Waals surface area contributed by atoms with Crippen molar-refractivity contribution in [3.63, 3.8) is 0 Å². The molecule has 0 aliphatic rings. The molecule has 0 aliphatic carbocycles. The first-order valence-electron chi connectivity index (χ1n) is 6.48. The third kappa shape index (κ3) is 3.82. The maximum atomic E-state index is 9.44. The van der Waals surface area contributed by atoms with Crippen LogP contribution < -0.4 is 0 Å². The van der Waals surface area contributed by atoms with Gasteiger partial charge >= 0.3 is 0 Å². The molecule has 2 nitrogen and oxygen atoms in total. The van der Waals surface area contributed by atoms with E-state index >= 15 is 0 Å². The first-order chi connectivity index (χ1) is 9.06. The van der Waals surface area contributed by atoms with Gasteiger partial charge in [-0.15, -0.1) is 0 Å². The van der Waals surface area contributed by atoms with Crippen LogP contribution in [0.5, 0.6) is 0 Å². The third-order valence-electron chi connectivity index (χ3n) is 3.01. The summed E-state index contributed by atoms with van der Waals surface area (Å²) in [6, 6.07) is 12.5. The highest BCUT2D eigenvalue weighted by molar-refractivity contribution is 7.99. The lowest BCUT2D eigenvalue weighted by molar-refractivity contribution is 0.198. The van der Waals surface area contributed by atoms with E-state index < -0.39 is 6.10 Å². The van der Waals surface area contributed by atoms with Crippen LogP contribution in [0.3, 0.4) is 0 Å². The zero-order chi connectivity index (χ0) is 13.8. The van der Waals surface area contributed by atoms with Crippen molar-refractivity contribution in [2.24, 2.45) is 0 Å². The predicted octanol–water partition coefficient (Wildman–Crippen LogP) is 4.41. The van der Waals surface area contributed by atoms with Gasteiger partial charge in [-0.1, -0.05) is 43.8 Å². The molecule has 0 amide bonds. The van der Waals surface area contributed by atoms with Gasteiger partial charge < -0.3 is 5.11 Å². The fraction of sp³-hybridized carbons (Fsp3) is 0.312. The fourth-order valence-corrected chi connectivity index (χ4v) is 2.50. The zero-order valence-electron chi connectivity index (χ0n) is 11.5. The standard InChI is InChI=1S/C16H19NOS/c1-11(2)13-4-7-15(8-5-13)19-16-9-6-14(10-17-16)12(3)18/h4-12,18H,1-3H3/t12-/m1/s1. The average Bonchev–Trinajstić information content (AvgIpc) is 2.40. The highest BCUT2D eigenvalue weighted by atomic mass is 32.2. The van der Waals surface area contributed by atoms with Gasteiger partial charge in [-0.05, 0) is 42.2 Å². The molecule has 3 heteroatoms. The van der Waals surface area contributed by atoms with Crippen LogP contribution in [-0.2, 0) is 0 Å². The maximum Gasteiger partial charge on any atom is 0.101 e. The monoisotopic (exact) mass is 273 g/mol. The fourth-order valence-electron chi connectivity index (χ4n) is 1.74. The largest absolute Gasteiger partial charge is 0.389 e. The summed E-state index contributed by atoms with van der Waals surface area (Å²) < 4.78 is 0. The van der Waals surface area contributed by atoms with Crippen LogP contribution in [0.1, 0.15) is 43.9 Å². The van der Waals surface area contributed by atoms with Gasteiger partial charge in [0.15, 0.2) is 0 Å². The minimum absolute atomic E-state index is 0.461. The summed E-state index contributed by atoms with van der Waals surface area (Å²) in [5, 5.41) is 10.4. The van der Waals surface area contributed by atoms with Gasteiger partial charge in [-0.3, -0.25) is 0 Å². The van der Waals surface area contributed by atoms with E-state index in [1.807, 2.05) is 12.1 Å². The molecular formula is C16H19NOS. The van der Waals surface area contributed by atoms with Crippen molar-refractivity contribution < 1.29 is 5.11 Å². The molecule has 0 saturated carbocycles. The van der Waals surface area contributed by atoms with E-state index in [4.69, 9.17) is 0 Å². The van der Waals surface area contributed by atoms with E-state index in [2.05, 4.69) is 43.1 Å². The third-order valence-corrected chi connectivity index (χ3v) is 3.97. The maximum absolute atomic E-state index is 9.44. The van der Waals surface area contributed by atoms with E-state index in [1.54, 1.807) is 24.9 Å².